The Balaban J connectivity index is 1.23. The van der Waals surface area contributed by atoms with E-state index in [4.69, 9.17) is 10.5 Å². The van der Waals surface area contributed by atoms with Gasteiger partial charge in [-0.25, -0.2) is 30.1 Å². The standard InChI is InChI=1S/C33H28N10O9S5/c1-4-18-10-17(3)30(57(46,47)48)22(5-2)29(18)43(33-38-24-9-7-21(56-52-50-45)12-26(24)54-33)28-15-35-27(14-36-28)39-40-31-19(13-34)16-42(41-31)32-37-23-8-6-20(55-51-49-44)11-25(23)53-32/h6-12,14-16,33,38,44-45H,4-5H2,1-3H3,(H,46,47,48). The lowest BCUT2D eigenvalue weighted by molar-refractivity contribution is -0.432. The van der Waals surface area contributed by atoms with Gasteiger partial charge in [-0.3, -0.25) is 9.45 Å². The van der Waals surface area contributed by atoms with Crippen LogP contribution in [0.1, 0.15) is 36.1 Å². The third kappa shape index (κ3) is 8.60. The summed E-state index contributed by atoms with van der Waals surface area (Å²) in [5.74, 6) is 0.431. The first-order valence-corrected chi connectivity index (χ1v) is 21.1. The number of thioether (sulfide) groups is 1. The summed E-state index contributed by atoms with van der Waals surface area (Å²) < 4.78 is 47.3. The molecule has 3 aromatic carbocycles. The van der Waals surface area contributed by atoms with Crippen molar-refractivity contribution in [1.29, 1.82) is 5.26 Å². The van der Waals surface area contributed by atoms with Crippen LogP contribution in [0.25, 0.3) is 15.3 Å². The summed E-state index contributed by atoms with van der Waals surface area (Å²) in [6, 6.07) is 14.5. The minimum atomic E-state index is -4.62. The van der Waals surface area contributed by atoms with E-state index in [1.54, 1.807) is 37.3 Å². The van der Waals surface area contributed by atoms with Gasteiger partial charge in [0.15, 0.2) is 17.1 Å². The minimum absolute atomic E-state index is 0.0179. The predicted octanol–water partition coefficient (Wildman–Crippen LogP) is 8.74. The number of nitrogens with zero attached hydrogens (tertiary/aromatic N) is 9. The smallest absolute Gasteiger partial charge is 0.295 e. The molecule has 3 aromatic heterocycles. The average Bonchev–Trinajstić information content (AvgIpc) is 3.95. The number of benzene rings is 3. The van der Waals surface area contributed by atoms with E-state index in [1.165, 1.54) is 46.4 Å². The van der Waals surface area contributed by atoms with Crippen LogP contribution < -0.4 is 10.2 Å². The summed E-state index contributed by atoms with van der Waals surface area (Å²) in [5.41, 5.74) is 3.15. The molecule has 57 heavy (non-hydrogen) atoms. The maximum absolute atomic E-state index is 12.8. The topological polar surface area (TPSA) is 252 Å². The predicted molar refractivity (Wildman–Crippen MR) is 211 cm³/mol. The Labute approximate surface area is 340 Å². The Morgan fingerprint density at radius 3 is 2.46 bits per heavy atom. The Kier molecular flexibility index (Phi) is 12.3. The molecule has 0 radical (unpaired) electrons. The van der Waals surface area contributed by atoms with Crippen LogP contribution >= 0.6 is 47.2 Å². The molecule has 1 aliphatic heterocycles. The Bertz CT molecular complexity index is 2640. The van der Waals surface area contributed by atoms with Gasteiger partial charge in [-0.1, -0.05) is 53.1 Å². The Hall–Kier alpha value is -4.75. The van der Waals surface area contributed by atoms with Crippen molar-refractivity contribution in [2.45, 2.75) is 58.7 Å². The van der Waals surface area contributed by atoms with Crippen molar-refractivity contribution >= 4 is 96.3 Å². The maximum atomic E-state index is 12.8. The lowest BCUT2D eigenvalue weighted by Crippen LogP contribution is -2.35. The molecule has 0 saturated carbocycles. The normalized spacial score (nSPS) is 13.9. The van der Waals surface area contributed by atoms with Crippen LogP contribution in [-0.2, 0) is 41.7 Å². The molecule has 6 aromatic rings. The fraction of sp³-hybridized carbons (Fsp3) is 0.182. The lowest BCUT2D eigenvalue weighted by Gasteiger charge is -2.34. The van der Waals surface area contributed by atoms with Crippen LogP contribution in [0.4, 0.5) is 28.8 Å². The summed E-state index contributed by atoms with van der Waals surface area (Å²) in [6.07, 6.45) is 5.12. The number of thiazole rings is 1. The molecule has 0 spiro atoms. The third-order valence-corrected chi connectivity index (χ3v) is 12.7. The van der Waals surface area contributed by atoms with Crippen LogP contribution in [-0.4, -0.2) is 53.7 Å². The van der Waals surface area contributed by atoms with Gasteiger partial charge in [0.1, 0.15) is 16.5 Å². The van der Waals surface area contributed by atoms with Gasteiger partial charge in [0.25, 0.3) is 10.1 Å². The van der Waals surface area contributed by atoms with Crippen molar-refractivity contribution in [1.82, 2.24) is 24.7 Å². The average molecular weight is 869 g/mol. The van der Waals surface area contributed by atoms with Crippen LogP contribution in [0.2, 0.25) is 0 Å². The van der Waals surface area contributed by atoms with E-state index in [9.17, 15) is 18.2 Å². The fourth-order valence-corrected chi connectivity index (χ4v) is 10.2. The van der Waals surface area contributed by atoms with E-state index < -0.39 is 15.6 Å². The van der Waals surface area contributed by atoms with Gasteiger partial charge in [-0.2, -0.15) is 13.7 Å². The van der Waals surface area contributed by atoms with Gasteiger partial charge in [0.05, 0.1) is 64.3 Å². The molecule has 4 heterocycles. The number of hydrogen-bond donors (Lipinski definition) is 4. The van der Waals surface area contributed by atoms with Gasteiger partial charge in [-0.05, 0) is 72.9 Å². The van der Waals surface area contributed by atoms with Crippen molar-refractivity contribution in [3.8, 4) is 11.2 Å². The largest absolute Gasteiger partial charge is 0.355 e. The zero-order valence-corrected chi connectivity index (χ0v) is 33.7. The molecule has 0 bridgehead atoms. The number of aryl methyl sites for hydroxylation is 2. The van der Waals surface area contributed by atoms with E-state index in [2.05, 4.69) is 60.4 Å². The lowest BCUT2D eigenvalue weighted by atomic mass is 9.98. The molecule has 1 atom stereocenters. The number of hydrogen-bond acceptors (Lipinski definition) is 21. The Morgan fingerprint density at radius 1 is 1.04 bits per heavy atom. The second-order valence-electron chi connectivity index (χ2n) is 11.8. The second kappa shape index (κ2) is 17.4. The number of anilines is 3. The molecule has 0 aliphatic carbocycles. The molecule has 24 heteroatoms. The first-order valence-electron chi connectivity index (χ1n) is 16.5. The molecule has 7 rings (SSSR count). The summed E-state index contributed by atoms with van der Waals surface area (Å²) in [7, 11) is -4.62. The number of rotatable bonds is 15. The summed E-state index contributed by atoms with van der Waals surface area (Å²) in [5, 5.41) is 51.1. The molecule has 4 N–H and O–H groups in total. The summed E-state index contributed by atoms with van der Waals surface area (Å²) in [6.45, 7) is 5.40. The van der Waals surface area contributed by atoms with Crippen molar-refractivity contribution in [3.63, 3.8) is 0 Å². The van der Waals surface area contributed by atoms with Crippen LogP contribution in [0.3, 0.4) is 0 Å². The maximum Gasteiger partial charge on any atom is 0.295 e. The monoisotopic (exact) mass is 868 g/mol. The van der Waals surface area contributed by atoms with E-state index >= 15 is 0 Å². The molecule has 1 unspecified atom stereocenters. The number of nitriles is 1. The van der Waals surface area contributed by atoms with Crippen LogP contribution in [0.5, 0.6) is 0 Å². The van der Waals surface area contributed by atoms with Crippen molar-refractivity contribution < 1.29 is 42.2 Å². The summed E-state index contributed by atoms with van der Waals surface area (Å²) in [4.78, 5) is 17.5. The van der Waals surface area contributed by atoms with Crippen LogP contribution in [0, 0.1) is 18.3 Å². The first kappa shape index (κ1) is 40.4. The minimum Gasteiger partial charge on any atom is -0.355 e. The molecular weight excluding hydrogens is 841 g/mol. The zero-order valence-electron chi connectivity index (χ0n) is 29.6. The van der Waals surface area contributed by atoms with E-state index in [0.29, 0.717) is 49.5 Å². The van der Waals surface area contributed by atoms with Gasteiger partial charge in [-0.15, -0.1) is 24.0 Å². The highest BCUT2D eigenvalue weighted by molar-refractivity contribution is 8.00. The first-order chi connectivity index (χ1) is 27.5. The van der Waals surface area contributed by atoms with E-state index in [1.807, 2.05) is 30.9 Å². The number of fused-ring (bicyclic) bond motifs is 2. The highest BCUT2D eigenvalue weighted by Crippen LogP contribution is 2.48. The van der Waals surface area contributed by atoms with Crippen molar-refractivity contribution in [3.05, 3.63) is 83.3 Å². The zero-order chi connectivity index (χ0) is 40.3. The SMILES string of the molecule is CCc1cc(C)c(S(=O)(=O)O)c(CC)c1N(c1cnc(N=Nc2nn(-c3nc4ccc(SOOO)cc4s3)cc2C#N)cn1)C1Nc2ccc(SOOO)cc2S1. The van der Waals surface area contributed by atoms with Crippen molar-refractivity contribution in [2.24, 2.45) is 10.2 Å². The van der Waals surface area contributed by atoms with Gasteiger partial charge >= 0.3 is 0 Å². The number of aromatic nitrogens is 5. The van der Waals surface area contributed by atoms with Gasteiger partial charge in [0.2, 0.25) is 10.9 Å². The highest BCUT2D eigenvalue weighted by Gasteiger charge is 2.35. The van der Waals surface area contributed by atoms with Crippen LogP contribution in [0.15, 0.2) is 90.9 Å². The van der Waals surface area contributed by atoms with Gasteiger partial charge in [0, 0.05) is 14.7 Å². The molecule has 1 aliphatic rings. The molecule has 0 fully saturated rings. The van der Waals surface area contributed by atoms with Crippen molar-refractivity contribution in [2.75, 3.05) is 10.2 Å². The van der Waals surface area contributed by atoms with Gasteiger partial charge < -0.3 is 5.32 Å². The third-order valence-electron chi connectivity index (χ3n) is 8.35. The molecule has 19 nitrogen and oxygen atoms in total. The molecule has 294 valence electrons. The second-order valence-corrected chi connectivity index (χ2v) is 16.8. The Morgan fingerprint density at radius 2 is 1.79 bits per heavy atom. The number of azo groups is 1. The molecule has 0 amide bonds. The highest BCUT2D eigenvalue weighted by atomic mass is 32.2. The fourth-order valence-electron chi connectivity index (χ4n) is 6.07. The molecular formula is C33H28N10O9S5. The molecule has 0 saturated heterocycles. The quantitative estimate of drug-likeness (QED) is 0.0247. The van der Waals surface area contributed by atoms with E-state index in [0.717, 1.165) is 44.9 Å². The van der Waals surface area contributed by atoms with E-state index in [-0.39, 0.29) is 28.5 Å². The number of nitrogens with one attached hydrogen (secondary N) is 1. The summed E-state index contributed by atoms with van der Waals surface area (Å²) >= 11 is 4.34.